The Balaban J connectivity index is 1.57. The van der Waals surface area contributed by atoms with Crippen molar-refractivity contribution in [3.63, 3.8) is 0 Å². The number of halogens is 2. The molecule has 0 fully saturated rings. The van der Waals surface area contributed by atoms with Gasteiger partial charge in [0, 0.05) is 20.0 Å². The number of benzene rings is 3. The molecule has 0 heterocycles. The second kappa shape index (κ2) is 11.9. The van der Waals surface area contributed by atoms with E-state index in [2.05, 4.69) is 26.5 Å². The normalized spacial score (nSPS) is 10.9. The van der Waals surface area contributed by atoms with Crippen LogP contribution in [0.1, 0.15) is 16.7 Å². The SMILES string of the molecule is COc1cc(/C=N\NC(=O)CSc2ccc(Cl)cc2)c(Br)cc1OCc1ccc(C)cc1. The Kier molecular flexibility index (Phi) is 9.02. The molecule has 0 aliphatic carbocycles. The van der Waals surface area contributed by atoms with Crippen LogP contribution >= 0.6 is 39.3 Å². The van der Waals surface area contributed by atoms with Gasteiger partial charge in [-0.25, -0.2) is 5.43 Å². The molecule has 1 amide bonds. The second-order valence-electron chi connectivity index (χ2n) is 6.83. The molecule has 3 aromatic rings. The highest BCUT2D eigenvalue weighted by Crippen LogP contribution is 2.33. The molecule has 0 aromatic heterocycles. The number of amides is 1. The van der Waals surface area contributed by atoms with Gasteiger partial charge in [-0.3, -0.25) is 4.79 Å². The van der Waals surface area contributed by atoms with Gasteiger partial charge in [0.2, 0.25) is 5.91 Å². The molecule has 5 nitrogen and oxygen atoms in total. The lowest BCUT2D eigenvalue weighted by Gasteiger charge is -2.13. The maximum absolute atomic E-state index is 12.0. The van der Waals surface area contributed by atoms with E-state index in [1.54, 1.807) is 31.5 Å². The van der Waals surface area contributed by atoms with Gasteiger partial charge in [-0.2, -0.15) is 5.10 Å². The summed E-state index contributed by atoms with van der Waals surface area (Å²) in [6.45, 7) is 2.48. The molecule has 0 aliphatic heterocycles. The number of hydrogen-bond donors (Lipinski definition) is 1. The van der Waals surface area contributed by atoms with Crippen LogP contribution in [0.25, 0.3) is 0 Å². The zero-order valence-electron chi connectivity index (χ0n) is 17.6. The molecule has 0 atom stereocenters. The first-order valence-corrected chi connectivity index (χ1v) is 11.9. The molecule has 0 aliphatic rings. The number of carbonyl (C=O) groups is 1. The molecule has 0 bridgehead atoms. The Morgan fingerprint density at radius 1 is 1.12 bits per heavy atom. The first-order chi connectivity index (χ1) is 15.4. The fourth-order valence-corrected chi connectivity index (χ4v) is 3.89. The number of thioether (sulfide) groups is 1. The molecule has 0 unspecified atom stereocenters. The molecule has 3 aromatic carbocycles. The maximum atomic E-state index is 12.0. The molecule has 0 saturated carbocycles. The summed E-state index contributed by atoms with van der Waals surface area (Å²) in [5, 5.41) is 4.71. The molecule has 166 valence electrons. The third kappa shape index (κ3) is 7.29. The van der Waals surface area contributed by atoms with E-state index in [9.17, 15) is 4.79 Å². The average Bonchev–Trinajstić information content (AvgIpc) is 2.79. The van der Waals surface area contributed by atoms with Crippen molar-refractivity contribution < 1.29 is 14.3 Å². The molecule has 8 heteroatoms. The van der Waals surface area contributed by atoms with Gasteiger partial charge in [-0.05, 0) is 64.8 Å². The summed E-state index contributed by atoms with van der Waals surface area (Å²) in [4.78, 5) is 13.0. The minimum atomic E-state index is -0.206. The molecule has 0 saturated heterocycles. The summed E-state index contributed by atoms with van der Waals surface area (Å²) in [5.74, 6) is 1.23. The monoisotopic (exact) mass is 532 g/mol. The Hall–Kier alpha value is -2.48. The Morgan fingerprint density at radius 2 is 1.84 bits per heavy atom. The summed E-state index contributed by atoms with van der Waals surface area (Å²) in [5.41, 5.74) is 5.55. The zero-order valence-corrected chi connectivity index (χ0v) is 20.8. The van der Waals surface area contributed by atoms with Crippen molar-refractivity contribution in [3.05, 3.63) is 86.8 Å². The minimum absolute atomic E-state index is 0.206. The Morgan fingerprint density at radius 3 is 2.53 bits per heavy atom. The molecular weight excluding hydrogens is 512 g/mol. The van der Waals surface area contributed by atoms with Gasteiger partial charge in [0.15, 0.2) is 11.5 Å². The van der Waals surface area contributed by atoms with Crippen LogP contribution in [0.2, 0.25) is 5.02 Å². The van der Waals surface area contributed by atoms with Gasteiger partial charge < -0.3 is 9.47 Å². The van der Waals surface area contributed by atoms with E-state index in [-0.39, 0.29) is 11.7 Å². The van der Waals surface area contributed by atoms with E-state index in [4.69, 9.17) is 21.1 Å². The highest BCUT2D eigenvalue weighted by atomic mass is 79.9. The van der Waals surface area contributed by atoms with Gasteiger partial charge in [0.05, 0.1) is 19.1 Å². The van der Waals surface area contributed by atoms with E-state index in [0.717, 1.165) is 20.5 Å². The summed E-state index contributed by atoms with van der Waals surface area (Å²) >= 11 is 10.8. The van der Waals surface area contributed by atoms with Crippen LogP contribution in [0.3, 0.4) is 0 Å². The quantitative estimate of drug-likeness (QED) is 0.201. The van der Waals surface area contributed by atoms with E-state index in [1.807, 2.05) is 49.4 Å². The smallest absolute Gasteiger partial charge is 0.250 e. The highest BCUT2D eigenvalue weighted by Gasteiger charge is 2.10. The van der Waals surface area contributed by atoms with Gasteiger partial charge in [-0.1, -0.05) is 41.4 Å². The van der Waals surface area contributed by atoms with Crippen LogP contribution in [-0.2, 0) is 11.4 Å². The van der Waals surface area contributed by atoms with Crippen molar-refractivity contribution in [2.75, 3.05) is 12.9 Å². The Bertz CT molecular complexity index is 1090. The van der Waals surface area contributed by atoms with Crippen LogP contribution in [0.15, 0.2) is 75.1 Å². The van der Waals surface area contributed by atoms with E-state index in [1.165, 1.54) is 17.3 Å². The van der Waals surface area contributed by atoms with Crippen molar-refractivity contribution >= 4 is 51.4 Å². The summed E-state index contributed by atoms with van der Waals surface area (Å²) < 4.78 is 12.2. The lowest BCUT2D eigenvalue weighted by molar-refractivity contribution is -0.118. The van der Waals surface area contributed by atoms with Crippen molar-refractivity contribution in [3.8, 4) is 11.5 Å². The first kappa shape index (κ1) is 24.2. The number of hydrogen-bond acceptors (Lipinski definition) is 5. The largest absolute Gasteiger partial charge is 0.493 e. The van der Waals surface area contributed by atoms with Crippen LogP contribution < -0.4 is 14.9 Å². The number of ether oxygens (including phenoxy) is 2. The predicted molar refractivity (Wildman–Crippen MR) is 134 cm³/mol. The predicted octanol–water partition coefficient (Wildman–Crippen LogP) is 6.24. The van der Waals surface area contributed by atoms with Crippen LogP contribution in [0.4, 0.5) is 0 Å². The molecule has 0 spiro atoms. The first-order valence-electron chi connectivity index (χ1n) is 9.71. The third-order valence-electron chi connectivity index (χ3n) is 4.37. The summed E-state index contributed by atoms with van der Waals surface area (Å²) in [6.07, 6.45) is 1.56. The number of aryl methyl sites for hydroxylation is 1. The number of nitrogens with zero attached hydrogens (tertiary/aromatic N) is 1. The van der Waals surface area contributed by atoms with Crippen LogP contribution in [-0.4, -0.2) is 25.0 Å². The molecule has 32 heavy (non-hydrogen) atoms. The second-order valence-corrected chi connectivity index (χ2v) is 9.17. The van der Waals surface area contributed by atoms with Gasteiger partial charge in [0.1, 0.15) is 6.61 Å². The van der Waals surface area contributed by atoms with Crippen LogP contribution in [0.5, 0.6) is 11.5 Å². The maximum Gasteiger partial charge on any atom is 0.250 e. The summed E-state index contributed by atoms with van der Waals surface area (Å²) in [6, 6.07) is 19.1. The fraction of sp³-hybridized carbons (Fsp3) is 0.167. The van der Waals surface area contributed by atoms with E-state index in [0.29, 0.717) is 23.1 Å². The number of methoxy groups -OCH3 is 1. The molecule has 0 radical (unpaired) electrons. The molecule has 3 rings (SSSR count). The summed E-state index contributed by atoms with van der Waals surface area (Å²) in [7, 11) is 1.58. The van der Waals surface area contributed by atoms with E-state index < -0.39 is 0 Å². The van der Waals surface area contributed by atoms with Crippen molar-refractivity contribution in [2.45, 2.75) is 18.4 Å². The highest BCUT2D eigenvalue weighted by molar-refractivity contribution is 9.10. The van der Waals surface area contributed by atoms with Gasteiger partial charge >= 0.3 is 0 Å². The van der Waals surface area contributed by atoms with Crippen molar-refractivity contribution in [1.29, 1.82) is 0 Å². The van der Waals surface area contributed by atoms with Crippen molar-refractivity contribution in [1.82, 2.24) is 5.43 Å². The van der Waals surface area contributed by atoms with Crippen molar-refractivity contribution in [2.24, 2.45) is 5.10 Å². The number of rotatable bonds is 9. The third-order valence-corrected chi connectivity index (χ3v) is 6.33. The van der Waals surface area contributed by atoms with Gasteiger partial charge in [-0.15, -0.1) is 11.8 Å². The van der Waals surface area contributed by atoms with Crippen LogP contribution in [0, 0.1) is 6.92 Å². The number of carbonyl (C=O) groups excluding carboxylic acids is 1. The lowest BCUT2D eigenvalue weighted by Crippen LogP contribution is -2.19. The fourth-order valence-electron chi connectivity index (χ4n) is 2.65. The number of nitrogens with one attached hydrogen (secondary N) is 1. The lowest BCUT2D eigenvalue weighted by atomic mass is 10.2. The molecule has 1 N–H and O–H groups in total. The Labute approximate surface area is 205 Å². The zero-order chi connectivity index (χ0) is 22.9. The minimum Gasteiger partial charge on any atom is -0.493 e. The van der Waals surface area contributed by atoms with E-state index >= 15 is 0 Å². The molecular formula is C24H22BrClN2O3S. The van der Waals surface area contributed by atoms with Gasteiger partial charge in [0.25, 0.3) is 0 Å². The average molecular weight is 534 g/mol. The number of hydrazone groups is 1. The standard InChI is InChI=1S/C24H22BrClN2O3S/c1-16-3-5-17(6-4-16)14-31-23-12-21(25)18(11-22(23)30-2)13-27-28-24(29)15-32-20-9-7-19(26)8-10-20/h3-13H,14-15H2,1-2H3,(H,28,29)/b27-13-. The topological polar surface area (TPSA) is 59.9 Å².